The minimum atomic E-state index is -1.81. The number of anilines is 2. The van der Waals surface area contributed by atoms with Crippen LogP contribution in [0.2, 0.25) is 0 Å². The molecule has 1 fully saturated rings. The van der Waals surface area contributed by atoms with Crippen LogP contribution in [0.1, 0.15) is 24.7 Å². The quantitative estimate of drug-likeness (QED) is 0.0837. The zero-order chi connectivity index (χ0) is 30.2. The number of hydrogen-bond acceptors (Lipinski definition) is 14. The fourth-order valence-electron chi connectivity index (χ4n) is 4.17. The molecule has 2 aromatic rings. The fourth-order valence-corrected chi connectivity index (χ4v) is 6.55. The molecule has 2 amide bonds. The second-order valence-electron chi connectivity index (χ2n) is 8.89. The highest BCUT2D eigenvalue weighted by molar-refractivity contribution is 8.00. The lowest BCUT2D eigenvalue weighted by molar-refractivity contribution is -0.153. The van der Waals surface area contributed by atoms with E-state index in [4.69, 9.17) is 39.0 Å². The maximum atomic E-state index is 13.6. The number of fused-ring (bicyclic) bond motifs is 1. The van der Waals surface area contributed by atoms with Crippen molar-refractivity contribution in [3.8, 4) is 0 Å². The van der Waals surface area contributed by atoms with Crippen molar-refractivity contribution in [2.24, 2.45) is 12.2 Å². The minimum absolute atomic E-state index is 0.00251. The molecule has 0 bridgehead atoms. The molecule has 216 valence electrons. The third kappa shape index (κ3) is 5.37. The number of nitrogen functional groups attached to an aromatic ring is 2. The highest BCUT2D eigenvalue weighted by Gasteiger charge is 2.65. The number of carboxylic acid groups (broad SMARTS) is 2. The van der Waals surface area contributed by atoms with E-state index in [9.17, 15) is 24.3 Å². The first-order valence-electron chi connectivity index (χ1n) is 11.6. The van der Waals surface area contributed by atoms with Crippen LogP contribution in [-0.2, 0) is 31.1 Å². The molecule has 1 unspecified atom stereocenters. The van der Waals surface area contributed by atoms with Crippen molar-refractivity contribution in [1.82, 2.24) is 24.8 Å². The van der Waals surface area contributed by atoms with Crippen LogP contribution in [-0.4, -0.2) is 87.2 Å². The van der Waals surface area contributed by atoms with E-state index in [0.29, 0.717) is 0 Å². The van der Waals surface area contributed by atoms with Gasteiger partial charge >= 0.3 is 11.9 Å². The van der Waals surface area contributed by atoms with E-state index in [1.165, 1.54) is 30.0 Å². The molecule has 16 nitrogen and oxygen atoms in total. The number of nitrogens with one attached hydrogen (secondary N) is 2. The summed E-state index contributed by atoms with van der Waals surface area (Å²) in [5.74, 6) is -4.25. The number of aliphatic carboxylic acids is 2. The summed E-state index contributed by atoms with van der Waals surface area (Å²) in [4.78, 5) is 64.5. The molecule has 3 atom stereocenters. The number of thiazole rings is 1. The highest BCUT2D eigenvalue weighted by atomic mass is 32.2. The molecule has 19 heteroatoms. The molecule has 8 N–H and O–H groups in total. The lowest BCUT2D eigenvalue weighted by atomic mass is 9.87. The summed E-state index contributed by atoms with van der Waals surface area (Å²) in [5.41, 5.74) is 9.24. The molecule has 1 saturated heterocycles. The summed E-state index contributed by atoms with van der Waals surface area (Å²) in [6.07, 6.45) is -1.31. The van der Waals surface area contributed by atoms with Crippen molar-refractivity contribution >= 4 is 86.7 Å². The number of amides is 2. The van der Waals surface area contributed by atoms with Crippen LogP contribution < -0.4 is 22.4 Å². The number of carbonyl (C=O) groups excluding carboxylic acids is 2. The van der Waals surface area contributed by atoms with Crippen LogP contribution in [0.4, 0.5) is 10.9 Å². The lowest BCUT2D eigenvalue weighted by Crippen LogP contribution is -2.80. The summed E-state index contributed by atoms with van der Waals surface area (Å²) in [6, 6.07) is 1.41. The van der Waals surface area contributed by atoms with Gasteiger partial charge in [0.1, 0.15) is 28.7 Å². The van der Waals surface area contributed by atoms with Crippen LogP contribution >= 0.6 is 35.3 Å². The van der Waals surface area contributed by atoms with E-state index < -0.39 is 52.9 Å². The van der Waals surface area contributed by atoms with Crippen LogP contribution in [0.5, 0.6) is 0 Å². The van der Waals surface area contributed by atoms with Crippen LogP contribution in [0, 0.1) is 5.41 Å². The Hall–Kier alpha value is -4.36. The van der Waals surface area contributed by atoms with Gasteiger partial charge in [-0.15, -0.1) is 23.1 Å². The van der Waals surface area contributed by atoms with Gasteiger partial charge in [-0.05, 0) is 6.92 Å². The molecule has 4 heterocycles. The Morgan fingerprint density at radius 1 is 1.39 bits per heavy atom. The van der Waals surface area contributed by atoms with E-state index in [-0.39, 0.29) is 45.0 Å². The fraction of sp³-hybridized carbons (Fsp3) is 0.318. The number of thiocarbonyl (C=S) groups is 1. The van der Waals surface area contributed by atoms with E-state index in [1.54, 1.807) is 0 Å². The van der Waals surface area contributed by atoms with Gasteiger partial charge in [0.25, 0.3) is 11.8 Å². The maximum absolute atomic E-state index is 13.6. The van der Waals surface area contributed by atoms with Gasteiger partial charge in [-0.25, -0.2) is 9.78 Å². The summed E-state index contributed by atoms with van der Waals surface area (Å²) in [6.45, 7) is 1.44. The van der Waals surface area contributed by atoms with Gasteiger partial charge < -0.3 is 36.4 Å². The molecule has 0 saturated carbocycles. The Morgan fingerprint density at radius 2 is 2.10 bits per heavy atom. The summed E-state index contributed by atoms with van der Waals surface area (Å²) >= 11 is 7.30. The van der Waals surface area contributed by atoms with E-state index >= 15 is 0 Å². The van der Waals surface area contributed by atoms with Crippen molar-refractivity contribution in [2.45, 2.75) is 30.4 Å². The number of carboxylic acids is 2. The molecule has 0 aromatic carbocycles. The number of β-lactam (4-membered cyclic amide) rings is 1. The van der Waals surface area contributed by atoms with Crippen molar-refractivity contribution in [3.05, 3.63) is 34.1 Å². The number of oxime groups is 1. The molecule has 0 spiro atoms. The van der Waals surface area contributed by atoms with Gasteiger partial charge in [0, 0.05) is 35.2 Å². The van der Waals surface area contributed by atoms with Crippen molar-refractivity contribution in [2.75, 3.05) is 17.2 Å². The van der Waals surface area contributed by atoms with Gasteiger partial charge in [0.05, 0.1) is 12.1 Å². The smallest absolute Gasteiger partial charge is 0.353 e. The molecule has 41 heavy (non-hydrogen) atoms. The van der Waals surface area contributed by atoms with Crippen LogP contribution in [0.25, 0.3) is 5.57 Å². The molecular formula is C22H23N9O7S3. The molecule has 0 radical (unpaired) electrons. The Labute approximate surface area is 244 Å². The zero-order valence-electron chi connectivity index (χ0n) is 21.4. The van der Waals surface area contributed by atoms with E-state index in [2.05, 4.69) is 20.4 Å². The maximum Gasteiger partial charge on any atom is 0.353 e. The van der Waals surface area contributed by atoms with Crippen molar-refractivity contribution in [1.29, 1.82) is 5.41 Å². The average molecular weight is 622 g/mol. The van der Waals surface area contributed by atoms with Gasteiger partial charge in [0.2, 0.25) is 5.62 Å². The number of aromatic nitrogens is 3. The first-order chi connectivity index (χ1) is 19.3. The predicted octanol–water partition coefficient (Wildman–Crippen LogP) is -0.630. The summed E-state index contributed by atoms with van der Waals surface area (Å²) < 4.78 is 1.33. The SMILES string of the molecule is CC(CC(=O)O)O/N=C(\C(=O)N[C@@]1(C=S)C(=O)N2C(C(=O)O)=C(c3cc(N)nc(=N)n3C)CS[C@@H]21)c1csc(N)n1. The molecule has 4 rings (SSSR count). The zero-order valence-corrected chi connectivity index (χ0v) is 23.8. The molecule has 2 aromatic heterocycles. The van der Waals surface area contributed by atoms with Crippen molar-refractivity contribution in [3.63, 3.8) is 0 Å². The number of carbonyl (C=O) groups is 4. The summed E-state index contributed by atoms with van der Waals surface area (Å²) in [5, 5.41) is 35.1. The standard InChI is InChI=1S/C22H23N9O7S3/c1-8(3-13(32)33)38-29-14(10-6-41-21(25)26-10)16(34)28-22(7-39)18(37)31-15(17(35)36)9(5-40-19(22)31)11-4-12(23)27-20(24)30(11)2/h4,6-8,19H,3,5H2,1-2H3,(H2,25,26)(H,28,34)(H,32,33)(H,35,36)(H3,23,24,27)/b29-14-/t8?,19-,22+/m1/s1. The van der Waals surface area contributed by atoms with Gasteiger partial charge in [0.15, 0.2) is 16.4 Å². The number of hydrogen-bond donors (Lipinski definition) is 6. The van der Waals surface area contributed by atoms with Crippen LogP contribution in [0.3, 0.4) is 0 Å². The van der Waals surface area contributed by atoms with Crippen molar-refractivity contribution < 1.29 is 34.2 Å². The average Bonchev–Trinajstić information content (AvgIpc) is 3.33. The highest BCUT2D eigenvalue weighted by Crippen LogP contribution is 2.47. The second-order valence-corrected chi connectivity index (χ2v) is 11.1. The normalized spacial score (nSPS) is 21.0. The Morgan fingerprint density at radius 3 is 2.68 bits per heavy atom. The molecule has 2 aliphatic rings. The third-order valence-electron chi connectivity index (χ3n) is 6.09. The molecular weight excluding hydrogens is 598 g/mol. The number of thioether (sulfide) groups is 1. The van der Waals surface area contributed by atoms with Gasteiger partial charge in [-0.3, -0.25) is 24.7 Å². The number of rotatable bonds is 10. The van der Waals surface area contributed by atoms with Gasteiger partial charge in [-0.2, -0.15) is 4.98 Å². The van der Waals surface area contributed by atoms with E-state index in [0.717, 1.165) is 33.4 Å². The predicted molar refractivity (Wildman–Crippen MR) is 152 cm³/mol. The molecule has 0 aliphatic carbocycles. The lowest BCUT2D eigenvalue weighted by Gasteiger charge is -2.55. The van der Waals surface area contributed by atoms with Gasteiger partial charge in [-0.1, -0.05) is 17.4 Å². The number of nitrogens with two attached hydrogens (primary N) is 2. The monoisotopic (exact) mass is 621 g/mol. The topological polar surface area (TPSA) is 252 Å². The number of nitrogens with zero attached hydrogens (tertiary/aromatic N) is 5. The third-order valence-corrected chi connectivity index (χ3v) is 8.49. The van der Waals surface area contributed by atoms with Crippen LogP contribution in [0.15, 0.2) is 22.3 Å². The summed E-state index contributed by atoms with van der Waals surface area (Å²) in [7, 11) is 1.51. The largest absolute Gasteiger partial charge is 0.481 e. The Bertz CT molecular complexity index is 1600. The molecule has 2 aliphatic heterocycles. The Balaban J connectivity index is 1.69. The second kappa shape index (κ2) is 11.3. The first-order valence-corrected chi connectivity index (χ1v) is 14.0. The Kier molecular flexibility index (Phi) is 8.13. The van der Waals surface area contributed by atoms with E-state index in [1.807, 2.05) is 0 Å². The first kappa shape index (κ1) is 29.6. The minimum Gasteiger partial charge on any atom is -0.481 e.